The van der Waals surface area contributed by atoms with Gasteiger partial charge in [-0.05, 0) is 22.4 Å². The van der Waals surface area contributed by atoms with E-state index in [0.29, 0.717) is 16.8 Å². The lowest BCUT2D eigenvalue weighted by Gasteiger charge is -2.31. The molecule has 152 valence electrons. The third kappa shape index (κ3) is 4.42. The number of hydrogen-bond acceptors (Lipinski definition) is 9. The highest BCUT2D eigenvalue weighted by Crippen LogP contribution is 2.40. The van der Waals surface area contributed by atoms with Crippen LogP contribution in [-0.4, -0.2) is 51.0 Å². The molecule has 2 rings (SSSR count). The van der Waals surface area contributed by atoms with Gasteiger partial charge in [0, 0.05) is 12.1 Å². The second-order valence-electron chi connectivity index (χ2n) is 5.59. The van der Waals surface area contributed by atoms with E-state index < -0.39 is 16.9 Å². The highest BCUT2D eigenvalue weighted by molar-refractivity contribution is 9.10. The summed E-state index contributed by atoms with van der Waals surface area (Å²) >= 11 is 3.25. The summed E-state index contributed by atoms with van der Waals surface area (Å²) in [4.78, 5) is 36.7. The number of halogens is 1. The molecule has 1 aromatic rings. The molecular formula is C17H19BrN2O8. The average molecular weight is 459 g/mol. The van der Waals surface area contributed by atoms with Crippen molar-refractivity contribution in [3.8, 4) is 5.75 Å². The molecule has 1 aliphatic heterocycles. The smallest absolute Gasteiger partial charge is 0.355 e. The minimum absolute atomic E-state index is 0.0146. The number of esters is 2. The average Bonchev–Trinajstić information content (AvgIpc) is 2.70. The molecule has 0 amide bonds. The lowest BCUT2D eigenvalue weighted by atomic mass is 10.1. The molecule has 0 fully saturated rings. The van der Waals surface area contributed by atoms with Gasteiger partial charge in [0.1, 0.15) is 23.9 Å². The van der Waals surface area contributed by atoms with Crippen LogP contribution in [0.3, 0.4) is 0 Å². The lowest BCUT2D eigenvalue weighted by molar-refractivity contribution is -0.384. The van der Waals surface area contributed by atoms with Crippen molar-refractivity contribution in [1.29, 1.82) is 0 Å². The highest BCUT2D eigenvalue weighted by Gasteiger charge is 2.36. The Balaban J connectivity index is 2.69. The fourth-order valence-electron chi connectivity index (χ4n) is 2.55. The fraction of sp³-hybridized carbons (Fsp3) is 0.412. The van der Waals surface area contributed by atoms with Gasteiger partial charge in [0.25, 0.3) is 5.69 Å². The molecule has 0 radical (unpaired) electrons. The van der Waals surface area contributed by atoms with Crippen molar-refractivity contribution in [2.75, 3.05) is 39.1 Å². The summed E-state index contributed by atoms with van der Waals surface area (Å²) in [6.45, 7) is 1.90. The van der Waals surface area contributed by atoms with Gasteiger partial charge in [0.15, 0.2) is 0 Å². The van der Waals surface area contributed by atoms with Crippen LogP contribution in [0.15, 0.2) is 27.9 Å². The van der Waals surface area contributed by atoms with Gasteiger partial charge in [-0.2, -0.15) is 0 Å². The normalized spacial score (nSPS) is 13.9. The van der Waals surface area contributed by atoms with E-state index in [0.717, 1.165) is 20.6 Å². The van der Waals surface area contributed by atoms with Crippen LogP contribution in [0.2, 0.25) is 0 Å². The Hall–Kier alpha value is -2.66. The lowest BCUT2D eigenvalue weighted by Crippen LogP contribution is -2.39. The van der Waals surface area contributed by atoms with E-state index in [1.54, 1.807) is 0 Å². The standard InChI is InChI=1S/C17H19BrN2O8/c1-4-5-28-14-7-12(13(20(23)24)6-11(14)18)19-9-27-8-10(16(21)25-2)15(19)17(22)26-3/h6-7H,4-5,8-9H2,1-3H3. The first kappa shape index (κ1) is 21.6. The first-order valence-electron chi connectivity index (χ1n) is 8.21. The molecule has 1 aromatic carbocycles. The zero-order valence-electron chi connectivity index (χ0n) is 15.5. The summed E-state index contributed by atoms with van der Waals surface area (Å²) in [5.74, 6) is -1.30. The number of carbonyl (C=O) groups is 2. The number of nitro benzene ring substituents is 1. The number of methoxy groups -OCH3 is 2. The highest BCUT2D eigenvalue weighted by atomic mass is 79.9. The predicted molar refractivity (Wildman–Crippen MR) is 101 cm³/mol. The summed E-state index contributed by atoms with van der Waals surface area (Å²) in [6.07, 6.45) is 0.728. The Labute approximate surface area is 169 Å². The van der Waals surface area contributed by atoms with E-state index in [9.17, 15) is 19.7 Å². The number of nitrogens with zero attached hydrogens (tertiary/aromatic N) is 2. The second-order valence-corrected chi connectivity index (χ2v) is 6.45. The van der Waals surface area contributed by atoms with Crippen LogP contribution in [0, 0.1) is 10.1 Å². The molecule has 0 atom stereocenters. The molecule has 0 unspecified atom stereocenters. The first-order valence-corrected chi connectivity index (χ1v) is 9.00. The molecular weight excluding hydrogens is 440 g/mol. The van der Waals surface area contributed by atoms with Gasteiger partial charge in [-0.1, -0.05) is 6.92 Å². The Morgan fingerprint density at radius 1 is 1.29 bits per heavy atom. The summed E-state index contributed by atoms with van der Waals surface area (Å²) in [5, 5.41) is 11.6. The molecule has 0 N–H and O–H groups in total. The molecule has 0 aromatic heterocycles. The fourth-order valence-corrected chi connectivity index (χ4v) is 3.00. The molecule has 0 bridgehead atoms. The number of ether oxygens (including phenoxy) is 4. The number of hydrogen-bond donors (Lipinski definition) is 0. The van der Waals surface area contributed by atoms with Crippen molar-refractivity contribution in [3.63, 3.8) is 0 Å². The van der Waals surface area contributed by atoms with Crippen LogP contribution in [0.1, 0.15) is 13.3 Å². The summed E-state index contributed by atoms with van der Waals surface area (Å²) < 4.78 is 20.8. The van der Waals surface area contributed by atoms with Gasteiger partial charge < -0.3 is 23.8 Å². The Kier molecular flexibility index (Phi) is 7.35. The quantitative estimate of drug-likeness (QED) is 0.344. The van der Waals surface area contributed by atoms with Crippen molar-refractivity contribution in [2.24, 2.45) is 0 Å². The minimum Gasteiger partial charge on any atom is -0.492 e. The molecule has 1 aliphatic rings. The zero-order chi connectivity index (χ0) is 20.8. The zero-order valence-corrected chi connectivity index (χ0v) is 17.1. The predicted octanol–water partition coefficient (Wildman–Crippen LogP) is 2.54. The van der Waals surface area contributed by atoms with Crippen molar-refractivity contribution in [2.45, 2.75) is 13.3 Å². The maximum Gasteiger partial charge on any atom is 0.355 e. The molecule has 11 heteroatoms. The maximum atomic E-state index is 12.4. The Bertz CT molecular complexity index is 824. The summed E-state index contributed by atoms with van der Waals surface area (Å²) in [5.41, 5.74) is -0.589. The SMILES string of the molecule is CCCOc1cc(N2COCC(C(=O)OC)=C2C(=O)OC)c([N+](=O)[O-])cc1Br. The number of carbonyl (C=O) groups excluding carboxylic acids is 2. The van der Waals surface area contributed by atoms with Gasteiger partial charge in [0.2, 0.25) is 0 Å². The van der Waals surface area contributed by atoms with E-state index in [-0.39, 0.29) is 36.0 Å². The van der Waals surface area contributed by atoms with Gasteiger partial charge in [-0.25, -0.2) is 9.59 Å². The largest absolute Gasteiger partial charge is 0.492 e. The van der Waals surface area contributed by atoms with Gasteiger partial charge in [0.05, 0.1) is 42.4 Å². The monoisotopic (exact) mass is 458 g/mol. The van der Waals surface area contributed by atoms with E-state index in [2.05, 4.69) is 15.9 Å². The molecule has 0 saturated carbocycles. The molecule has 28 heavy (non-hydrogen) atoms. The molecule has 1 heterocycles. The van der Waals surface area contributed by atoms with Crippen LogP contribution in [0.5, 0.6) is 5.75 Å². The van der Waals surface area contributed by atoms with Crippen molar-refractivity contribution in [3.05, 3.63) is 38.0 Å². The molecule has 0 aliphatic carbocycles. The van der Waals surface area contributed by atoms with Crippen molar-refractivity contribution in [1.82, 2.24) is 0 Å². The minimum atomic E-state index is -0.850. The van der Waals surface area contributed by atoms with Crippen molar-refractivity contribution < 1.29 is 33.5 Å². The van der Waals surface area contributed by atoms with Crippen LogP contribution in [0.25, 0.3) is 0 Å². The summed E-state index contributed by atoms with van der Waals surface area (Å²) in [7, 11) is 2.30. The maximum absolute atomic E-state index is 12.4. The molecule has 0 saturated heterocycles. The van der Waals surface area contributed by atoms with Gasteiger partial charge >= 0.3 is 11.9 Å². The Morgan fingerprint density at radius 2 is 1.96 bits per heavy atom. The van der Waals surface area contributed by atoms with Crippen LogP contribution < -0.4 is 9.64 Å². The second kappa shape index (κ2) is 9.51. The third-order valence-corrected chi connectivity index (χ3v) is 4.43. The van der Waals surface area contributed by atoms with Crippen LogP contribution >= 0.6 is 15.9 Å². The topological polar surface area (TPSA) is 117 Å². The molecule has 0 spiro atoms. The molecule has 10 nitrogen and oxygen atoms in total. The van der Waals surface area contributed by atoms with Gasteiger partial charge in [-0.3, -0.25) is 10.1 Å². The number of benzene rings is 1. The van der Waals surface area contributed by atoms with E-state index in [1.807, 2.05) is 6.92 Å². The van der Waals surface area contributed by atoms with Crippen molar-refractivity contribution >= 4 is 39.2 Å². The summed E-state index contributed by atoms with van der Waals surface area (Å²) in [6, 6.07) is 2.67. The van der Waals surface area contributed by atoms with Gasteiger partial charge in [-0.15, -0.1) is 0 Å². The Morgan fingerprint density at radius 3 is 2.54 bits per heavy atom. The van der Waals surface area contributed by atoms with Crippen LogP contribution in [-0.2, 0) is 23.8 Å². The number of nitro groups is 1. The number of rotatable bonds is 7. The number of anilines is 1. The third-order valence-electron chi connectivity index (χ3n) is 3.81. The van der Waals surface area contributed by atoms with E-state index in [4.69, 9.17) is 18.9 Å². The van der Waals surface area contributed by atoms with E-state index in [1.165, 1.54) is 17.0 Å². The van der Waals surface area contributed by atoms with E-state index >= 15 is 0 Å². The van der Waals surface area contributed by atoms with Crippen LogP contribution in [0.4, 0.5) is 11.4 Å². The first-order chi connectivity index (χ1) is 13.3.